The number of nitro benzene ring substituents is 2. The molecule has 4 rings (SSSR count). The number of likely N-dealkylation sites (tertiary alicyclic amines) is 1. The van der Waals surface area contributed by atoms with Crippen molar-refractivity contribution in [1.82, 2.24) is 4.90 Å². The maximum atomic E-state index is 13.2. The summed E-state index contributed by atoms with van der Waals surface area (Å²) in [7, 11) is -0.217. The zero-order valence-corrected chi connectivity index (χ0v) is 22.8. The number of nitrogens with zero attached hydrogens (tertiary/aromatic N) is 4. The predicted octanol–water partition coefficient (Wildman–Crippen LogP) is 6.40. The predicted molar refractivity (Wildman–Crippen MR) is 155 cm³/mol. The largest absolute Gasteiger partial charge is 0.335 e. The van der Waals surface area contributed by atoms with Crippen molar-refractivity contribution >= 4 is 38.5 Å². The number of benzene rings is 3. The van der Waals surface area contributed by atoms with Crippen LogP contribution < -0.4 is 0 Å². The molecule has 12 heteroatoms. The molecule has 1 aliphatic rings. The van der Waals surface area contributed by atoms with E-state index in [1.807, 2.05) is 42.5 Å². The van der Waals surface area contributed by atoms with Crippen molar-refractivity contribution in [3.8, 4) is 17.2 Å². The highest BCUT2D eigenvalue weighted by molar-refractivity contribution is 7.26. The summed E-state index contributed by atoms with van der Waals surface area (Å²) in [5.41, 5.74) is 2.64. The van der Waals surface area contributed by atoms with E-state index in [2.05, 4.69) is 0 Å². The van der Waals surface area contributed by atoms with Crippen molar-refractivity contribution < 1.29 is 25.1 Å². The number of carbonyl (C=O) groups excluding carboxylic acids is 1. The lowest BCUT2D eigenvalue weighted by Crippen LogP contribution is -2.34. The fraction of sp³-hybridized carbons (Fsp3) is 0.241. The Morgan fingerprint density at radius 1 is 1.10 bits per heavy atom. The zero-order chi connectivity index (χ0) is 30.1. The molecule has 3 atom stereocenters. The number of hydrogen-bond acceptors (Lipinski definition) is 8. The average molecular weight is 576 g/mol. The fourth-order valence-electron chi connectivity index (χ4n) is 4.34. The van der Waals surface area contributed by atoms with Crippen LogP contribution in [0.2, 0.25) is 0 Å². The van der Waals surface area contributed by atoms with Crippen LogP contribution in [0.3, 0.4) is 0 Å². The third-order valence-corrected chi connectivity index (χ3v) is 7.23. The van der Waals surface area contributed by atoms with Crippen molar-refractivity contribution in [2.75, 3.05) is 13.2 Å². The van der Waals surface area contributed by atoms with Gasteiger partial charge in [0, 0.05) is 25.6 Å². The number of nitro groups is 2. The molecule has 1 fully saturated rings. The molecule has 0 saturated carbocycles. The summed E-state index contributed by atoms with van der Waals surface area (Å²) in [6.45, 7) is 0.738. The van der Waals surface area contributed by atoms with Gasteiger partial charge >= 0.3 is 0 Å². The van der Waals surface area contributed by atoms with Gasteiger partial charge < -0.3 is 13.9 Å². The van der Waals surface area contributed by atoms with E-state index in [1.54, 1.807) is 23.1 Å². The molecule has 0 radical (unpaired) electrons. The molecular formula is C29H27N4O7P. The van der Waals surface area contributed by atoms with Crippen molar-refractivity contribution in [1.29, 1.82) is 5.26 Å². The summed E-state index contributed by atoms with van der Waals surface area (Å²) in [6, 6.07) is 19.9. The van der Waals surface area contributed by atoms with Gasteiger partial charge in [0.1, 0.15) is 0 Å². The van der Waals surface area contributed by atoms with Crippen LogP contribution in [0.4, 0.5) is 11.4 Å². The molecular weight excluding hydrogens is 547 g/mol. The number of hydrogen-bond donors (Lipinski definition) is 0. The van der Waals surface area contributed by atoms with Crippen molar-refractivity contribution in [2.24, 2.45) is 0 Å². The maximum absolute atomic E-state index is 13.2. The third-order valence-electron chi connectivity index (χ3n) is 6.48. The molecule has 0 aromatic heterocycles. The van der Waals surface area contributed by atoms with E-state index < -0.39 is 9.85 Å². The molecule has 3 aromatic rings. The topological polar surface area (TPSA) is 149 Å². The maximum Gasteiger partial charge on any atom is 0.283 e. The summed E-state index contributed by atoms with van der Waals surface area (Å²) < 4.78 is 18.9. The zero-order valence-electron chi connectivity index (χ0n) is 22.8. The van der Waals surface area contributed by atoms with E-state index in [9.17, 15) is 25.0 Å². The molecule has 1 saturated heterocycles. The van der Waals surface area contributed by atoms with E-state index in [1.165, 1.54) is 18.2 Å². The van der Waals surface area contributed by atoms with Gasteiger partial charge in [0.2, 0.25) is 0 Å². The average Bonchev–Trinajstić information content (AvgIpc) is 3.43. The van der Waals surface area contributed by atoms with Crippen LogP contribution >= 0.6 is 9.03 Å². The standard InChI is InChI=1S/C29H27N4O7P/c1-20-17-27(40-41-39-16-2-15-30)19-31(20)29(34)25-11-9-23(10-12-25)22-6-3-21(4-7-22)5-8-24-13-14-26(32(35)36)18-28(24)33(37)38/h3-14,18,20,27,41H,2,16-17,19H2,1H3/b8-5+/t20-,27-/m1/s1/i1D. The summed E-state index contributed by atoms with van der Waals surface area (Å²) in [4.78, 5) is 35.9. The highest BCUT2D eigenvalue weighted by Crippen LogP contribution is 2.30. The molecule has 1 unspecified atom stereocenters. The van der Waals surface area contributed by atoms with Crippen LogP contribution in [0.1, 0.15) is 42.6 Å². The molecule has 3 aromatic carbocycles. The van der Waals surface area contributed by atoms with Crippen LogP contribution in [0, 0.1) is 31.6 Å². The lowest BCUT2D eigenvalue weighted by atomic mass is 10.0. The van der Waals surface area contributed by atoms with Gasteiger partial charge in [0.15, 0.2) is 9.03 Å². The molecule has 0 bridgehead atoms. The number of rotatable bonds is 11. The van der Waals surface area contributed by atoms with Crippen molar-refractivity contribution in [3.63, 3.8) is 0 Å². The second-order valence-electron chi connectivity index (χ2n) is 9.22. The molecule has 1 amide bonds. The second-order valence-corrected chi connectivity index (χ2v) is 9.91. The van der Waals surface area contributed by atoms with Crippen LogP contribution in [-0.2, 0) is 9.05 Å². The van der Waals surface area contributed by atoms with E-state index in [0.29, 0.717) is 25.1 Å². The van der Waals surface area contributed by atoms with E-state index >= 15 is 0 Å². The normalized spacial score (nSPS) is 17.1. The molecule has 1 aliphatic heterocycles. The monoisotopic (exact) mass is 575 g/mol. The van der Waals surface area contributed by atoms with Gasteiger partial charge in [0.05, 0.1) is 46.7 Å². The minimum absolute atomic E-state index is 0.0699. The smallest absolute Gasteiger partial charge is 0.283 e. The van der Waals surface area contributed by atoms with Crippen molar-refractivity contribution in [2.45, 2.75) is 31.9 Å². The summed E-state index contributed by atoms with van der Waals surface area (Å²) >= 11 is 0. The van der Waals surface area contributed by atoms with Crippen LogP contribution in [0.25, 0.3) is 23.3 Å². The summed E-state index contributed by atoms with van der Waals surface area (Å²) in [5, 5.41) is 30.9. The van der Waals surface area contributed by atoms with E-state index in [0.717, 1.165) is 22.8 Å². The Labute approximate surface area is 239 Å². The van der Waals surface area contributed by atoms with Gasteiger partial charge in [-0.05, 0) is 54.3 Å². The quantitative estimate of drug-likeness (QED) is 0.0838. The Balaban J connectivity index is 1.39. The first-order chi connectivity index (χ1) is 20.3. The number of non-ortho nitro benzene ring substituents is 1. The first kappa shape index (κ1) is 28.1. The van der Waals surface area contributed by atoms with Gasteiger partial charge in [-0.2, -0.15) is 5.26 Å². The van der Waals surface area contributed by atoms with Gasteiger partial charge in [-0.25, -0.2) is 0 Å². The molecule has 210 valence electrons. The Bertz CT molecular complexity index is 1510. The van der Waals surface area contributed by atoms with E-state index in [-0.39, 0.29) is 57.3 Å². The highest BCUT2D eigenvalue weighted by Gasteiger charge is 2.33. The minimum Gasteiger partial charge on any atom is -0.335 e. The first-order valence-electron chi connectivity index (χ1n) is 13.3. The van der Waals surface area contributed by atoms with Crippen LogP contribution in [-0.4, -0.2) is 46.0 Å². The van der Waals surface area contributed by atoms with Gasteiger partial charge in [-0.15, -0.1) is 0 Å². The number of nitriles is 1. The Morgan fingerprint density at radius 3 is 2.44 bits per heavy atom. The number of amides is 1. The van der Waals surface area contributed by atoms with Crippen molar-refractivity contribution in [3.05, 3.63) is 104 Å². The minimum atomic E-state index is -0.674. The summed E-state index contributed by atoms with van der Waals surface area (Å²) in [6.07, 6.45) is 3.85. The fourth-order valence-corrected chi connectivity index (χ4v) is 4.90. The molecule has 41 heavy (non-hydrogen) atoms. The van der Waals surface area contributed by atoms with Crippen LogP contribution in [0.5, 0.6) is 0 Å². The third kappa shape index (κ3) is 7.58. The molecule has 0 spiro atoms. The molecule has 0 aliphatic carbocycles. The lowest BCUT2D eigenvalue weighted by Gasteiger charge is -2.21. The second kappa shape index (κ2) is 13.7. The van der Waals surface area contributed by atoms with Crippen LogP contribution in [0.15, 0.2) is 66.7 Å². The molecule has 1 heterocycles. The highest BCUT2D eigenvalue weighted by atomic mass is 31.1. The summed E-state index contributed by atoms with van der Waals surface area (Å²) in [5.74, 6) is -0.167. The molecule has 11 nitrogen and oxygen atoms in total. The van der Waals surface area contributed by atoms with Gasteiger partial charge in [0.25, 0.3) is 17.3 Å². The lowest BCUT2D eigenvalue weighted by molar-refractivity contribution is -0.394. The van der Waals surface area contributed by atoms with E-state index in [4.69, 9.17) is 15.7 Å². The van der Waals surface area contributed by atoms with Gasteiger partial charge in [-0.3, -0.25) is 25.0 Å². The molecule has 0 N–H and O–H groups in total. The Morgan fingerprint density at radius 2 is 1.80 bits per heavy atom. The first-order valence-corrected chi connectivity index (χ1v) is 13.4. The van der Waals surface area contributed by atoms with Gasteiger partial charge in [-0.1, -0.05) is 42.5 Å². The Hall–Kier alpha value is -4.49. The SMILES string of the molecule is [2H]C[C@@H]1C[C@@H](OPOCCC#N)CN1C(=O)c1ccc(-c2ccc(/C=C/c3ccc([N+](=O)[O-])cc3[N+](=O)[O-])cc2)cc1. The Kier molecular flexibility index (Phi) is 9.39. The number of carbonyl (C=O) groups is 1.